The highest BCUT2D eigenvalue weighted by Crippen LogP contribution is 2.33. The minimum atomic E-state index is -3.87. The summed E-state index contributed by atoms with van der Waals surface area (Å²) in [6.07, 6.45) is 2.29. The fourth-order valence-corrected chi connectivity index (χ4v) is 6.47. The molecule has 5 rings (SSSR count). The van der Waals surface area contributed by atoms with Gasteiger partial charge in [-0.3, -0.25) is 9.10 Å². The molecule has 7 nitrogen and oxygen atoms in total. The zero-order chi connectivity index (χ0) is 24.6. The number of carbonyl (C=O) groups is 2. The van der Waals surface area contributed by atoms with E-state index in [2.05, 4.69) is 0 Å². The molecule has 1 amide bonds. The maximum atomic E-state index is 13.4. The Balaban J connectivity index is 1.31. The summed E-state index contributed by atoms with van der Waals surface area (Å²) in [6, 6.07) is 20.9. The van der Waals surface area contributed by atoms with Gasteiger partial charge in [-0.05, 0) is 67.6 Å². The van der Waals surface area contributed by atoms with Gasteiger partial charge in [0.2, 0.25) is 0 Å². The minimum Gasteiger partial charge on any atom is -0.452 e. The van der Waals surface area contributed by atoms with Crippen LogP contribution in [-0.2, 0) is 32.4 Å². The van der Waals surface area contributed by atoms with Crippen molar-refractivity contribution in [3.8, 4) is 0 Å². The van der Waals surface area contributed by atoms with Crippen molar-refractivity contribution in [2.45, 2.75) is 37.1 Å². The Hall–Kier alpha value is -3.65. The molecule has 0 saturated carbocycles. The monoisotopic (exact) mass is 490 g/mol. The first kappa shape index (κ1) is 23.1. The first-order valence-electron chi connectivity index (χ1n) is 11.6. The van der Waals surface area contributed by atoms with E-state index in [1.54, 1.807) is 11.0 Å². The summed E-state index contributed by atoms with van der Waals surface area (Å²) < 4.78 is 33.6. The quantitative estimate of drug-likeness (QED) is 0.506. The highest BCUT2D eigenvalue weighted by Gasteiger charge is 2.32. The predicted octanol–water partition coefficient (Wildman–Crippen LogP) is 3.96. The Morgan fingerprint density at radius 3 is 2.46 bits per heavy atom. The molecule has 0 saturated heterocycles. The van der Waals surface area contributed by atoms with Crippen molar-refractivity contribution in [1.82, 2.24) is 0 Å². The number of nitrogens with zero attached hydrogens (tertiary/aromatic N) is 2. The number of para-hydroxylation sites is 2. The highest BCUT2D eigenvalue weighted by atomic mass is 32.2. The van der Waals surface area contributed by atoms with Crippen LogP contribution in [0, 0.1) is 0 Å². The van der Waals surface area contributed by atoms with E-state index in [9.17, 15) is 18.0 Å². The van der Waals surface area contributed by atoms with Crippen LogP contribution >= 0.6 is 0 Å². The molecule has 180 valence electrons. The smallest absolute Gasteiger partial charge is 0.338 e. The van der Waals surface area contributed by atoms with Gasteiger partial charge in [-0.2, -0.15) is 0 Å². The fraction of sp³-hybridized carbons (Fsp3) is 0.259. The zero-order valence-corrected chi connectivity index (χ0v) is 20.2. The van der Waals surface area contributed by atoms with Crippen LogP contribution in [0.3, 0.4) is 0 Å². The van der Waals surface area contributed by atoms with Gasteiger partial charge in [0.15, 0.2) is 6.61 Å². The normalized spacial score (nSPS) is 17.0. The van der Waals surface area contributed by atoms with E-state index in [0.29, 0.717) is 12.2 Å². The molecular weight excluding hydrogens is 464 g/mol. The summed E-state index contributed by atoms with van der Waals surface area (Å²) in [4.78, 5) is 27.3. The summed E-state index contributed by atoms with van der Waals surface area (Å²) >= 11 is 0. The van der Waals surface area contributed by atoms with Gasteiger partial charge < -0.3 is 9.64 Å². The molecular formula is C27H26N2O5S. The second kappa shape index (κ2) is 9.19. The SMILES string of the molecule is C[C@@H]1Cc2ccccc2N1C(=O)COC(=O)c1cccc(S(=O)(=O)N2CCCc3ccccc32)c1. The van der Waals surface area contributed by atoms with Gasteiger partial charge >= 0.3 is 5.97 Å². The third kappa shape index (κ3) is 4.30. The number of fused-ring (bicyclic) bond motifs is 2. The predicted molar refractivity (Wildman–Crippen MR) is 133 cm³/mol. The molecule has 0 N–H and O–H groups in total. The summed E-state index contributed by atoms with van der Waals surface area (Å²) in [6.45, 7) is 1.90. The number of esters is 1. The van der Waals surface area contributed by atoms with Crippen LogP contribution in [-0.4, -0.2) is 39.5 Å². The average molecular weight is 491 g/mol. The first-order valence-corrected chi connectivity index (χ1v) is 13.1. The van der Waals surface area contributed by atoms with Crippen LogP contribution in [0.2, 0.25) is 0 Å². The highest BCUT2D eigenvalue weighted by molar-refractivity contribution is 7.92. The summed E-state index contributed by atoms with van der Waals surface area (Å²) in [5.41, 5.74) is 3.64. The number of amides is 1. The summed E-state index contributed by atoms with van der Waals surface area (Å²) in [5.74, 6) is -1.06. The molecule has 2 heterocycles. The molecule has 0 unspecified atom stereocenters. The molecule has 0 bridgehead atoms. The molecule has 8 heteroatoms. The largest absolute Gasteiger partial charge is 0.452 e. The van der Waals surface area contributed by atoms with Crippen molar-refractivity contribution in [3.63, 3.8) is 0 Å². The first-order chi connectivity index (χ1) is 16.9. The molecule has 0 aliphatic carbocycles. The van der Waals surface area contributed by atoms with Gasteiger partial charge in [0.05, 0.1) is 16.1 Å². The Morgan fingerprint density at radius 1 is 0.943 bits per heavy atom. The molecule has 35 heavy (non-hydrogen) atoms. The van der Waals surface area contributed by atoms with Crippen molar-refractivity contribution in [2.75, 3.05) is 22.4 Å². The minimum absolute atomic E-state index is 0.0112. The van der Waals surface area contributed by atoms with Crippen molar-refractivity contribution in [1.29, 1.82) is 0 Å². The van der Waals surface area contributed by atoms with Crippen molar-refractivity contribution in [2.24, 2.45) is 0 Å². The number of sulfonamides is 1. The van der Waals surface area contributed by atoms with Crippen LogP contribution in [0.4, 0.5) is 11.4 Å². The fourth-order valence-electron chi connectivity index (χ4n) is 4.89. The van der Waals surface area contributed by atoms with Crippen LogP contribution in [0.5, 0.6) is 0 Å². The number of hydrogen-bond donors (Lipinski definition) is 0. The van der Waals surface area contributed by atoms with Gasteiger partial charge in [-0.15, -0.1) is 0 Å². The molecule has 0 radical (unpaired) electrons. The zero-order valence-electron chi connectivity index (χ0n) is 19.4. The van der Waals surface area contributed by atoms with Crippen molar-refractivity contribution < 1.29 is 22.7 Å². The molecule has 3 aromatic carbocycles. The van der Waals surface area contributed by atoms with E-state index in [0.717, 1.165) is 36.1 Å². The van der Waals surface area contributed by atoms with E-state index < -0.39 is 22.6 Å². The van der Waals surface area contributed by atoms with E-state index >= 15 is 0 Å². The average Bonchev–Trinajstić information content (AvgIpc) is 3.22. The number of hydrogen-bond acceptors (Lipinski definition) is 5. The van der Waals surface area contributed by atoms with Gasteiger partial charge in [0.1, 0.15) is 0 Å². The molecule has 0 fully saturated rings. The molecule has 2 aliphatic heterocycles. The van der Waals surface area contributed by atoms with Crippen LogP contribution in [0.15, 0.2) is 77.7 Å². The Labute approximate surface area is 205 Å². The van der Waals surface area contributed by atoms with E-state index in [4.69, 9.17) is 4.74 Å². The molecule has 2 aliphatic rings. The molecule has 0 spiro atoms. The van der Waals surface area contributed by atoms with Crippen molar-refractivity contribution >= 4 is 33.3 Å². The van der Waals surface area contributed by atoms with Crippen LogP contribution in [0.25, 0.3) is 0 Å². The number of rotatable bonds is 5. The topological polar surface area (TPSA) is 84.0 Å². The van der Waals surface area contributed by atoms with Gasteiger partial charge in [0, 0.05) is 18.3 Å². The van der Waals surface area contributed by atoms with Crippen LogP contribution in [0.1, 0.15) is 34.8 Å². The third-order valence-corrected chi connectivity index (χ3v) is 8.34. The number of carbonyl (C=O) groups excluding carboxylic acids is 2. The lowest BCUT2D eigenvalue weighted by Crippen LogP contribution is -2.38. The lowest BCUT2D eigenvalue weighted by atomic mass is 10.0. The second-order valence-corrected chi connectivity index (χ2v) is 10.7. The molecule has 3 aromatic rings. The Bertz CT molecular complexity index is 1400. The van der Waals surface area contributed by atoms with E-state index in [1.807, 2.05) is 49.4 Å². The maximum absolute atomic E-state index is 13.4. The van der Waals surface area contributed by atoms with Gasteiger partial charge in [-0.1, -0.05) is 42.5 Å². The summed E-state index contributed by atoms with van der Waals surface area (Å²) in [7, 11) is -3.87. The number of aryl methyl sites for hydroxylation is 1. The maximum Gasteiger partial charge on any atom is 0.338 e. The standard InChI is InChI=1S/C27H26N2O5S/c1-19-16-21-9-3-5-14-25(21)29(19)26(30)18-34-27(31)22-10-6-12-23(17-22)35(32,33)28-15-7-11-20-8-2-4-13-24(20)28/h2-6,8-10,12-14,17,19H,7,11,15-16,18H2,1H3/t19-/m1/s1. The van der Waals surface area contributed by atoms with E-state index in [1.165, 1.54) is 28.6 Å². The Morgan fingerprint density at radius 2 is 1.66 bits per heavy atom. The molecule has 0 aromatic heterocycles. The van der Waals surface area contributed by atoms with E-state index in [-0.39, 0.29) is 22.4 Å². The molecule has 1 atom stereocenters. The summed E-state index contributed by atoms with van der Waals surface area (Å²) in [5, 5.41) is 0. The van der Waals surface area contributed by atoms with Crippen molar-refractivity contribution in [3.05, 3.63) is 89.5 Å². The third-order valence-electron chi connectivity index (χ3n) is 6.53. The Kier molecular flexibility index (Phi) is 6.06. The van der Waals surface area contributed by atoms with Gasteiger partial charge in [0.25, 0.3) is 15.9 Å². The lowest BCUT2D eigenvalue weighted by Gasteiger charge is -2.30. The van der Waals surface area contributed by atoms with Gasteiger partial charge in [-0.25, -0.2) is 13.2 Å². The number of benzene rings is 3. The number of ether oxygens (including phenoxy) is 1. The lowest BCUT2D eigenvalue weighted by molar-refractivity contribution is -0.122. The second-order valence-electron chi connectivity index (χ2n) is 8.86. The van der Waals surface area contributed by atoms with Crippen LogP contribution < -0.4 is 9.21 Å². The number of anilines is 2.